The molecule has 29 heavy (non-hydrogen) atoms. The van der Waals surface area contributed by atoms with Crippen molar-refractivity contribution < 1.29 is 25.2 Å². The van der Waals surface area contributed by atoms with Crippen LogP contribution >= 0.6 is 34.5 Å². The molecule has 1 saturated carbocycles. The van der Waals surface area contributed by atoms with Crippen LogP contribution < -0.4 is 0 Å². The van der Waals surface area contributed by atoms with E-state index in [0.29, 0.717) is 60.0 Å². The standard InChI is InChI=1S/C21H30Cl2O5S/c22-19-11-13(21(23)29-19)7-8-14(24)9-10-16-15(17(25)12-18(16)26)5-3-1-2-4-6-20(27)28/h1,3,11,14-18,24-26H,2,4-10,12H2,(H,27,28)/b3-1+/t14-,15+,16+,17-,18+/m0/s1. The monoisotopic (exact) mass is 464 g/mol. The molecule has 1 aliphatic rings. The summed E-state index contributed by atoms with van der Waals surface area (Å²) in [4.78, 5) is 10.5. The van der Waals surface area contributed by atoms with E-state index in [1.54, 1.807) is 0 Å². The molecule has 5 atom stereocenters. The summed E-state index contributed by atoms with van der Waals surface area (Å²) in [5, 5.41) is 39.6. The fourth-order valence-electron chi connectivity index (χ4n) is 4.04. The fraction of sp³-hybridized carbons (Fsp3) is 0.667. The number of hydrogen-bond donors (Lipinski definition) is 4. The summed E-state index contributed by atoms with van der Waals surface area (Å²) in [6.45, 7) is 0. The van der Waals surface area contributed by atoms with E-state index in [4.69, 9.17) is 28.3 Å². The average Bonchev–Trinajstić information content (AvgIpc) is 3.11. The molecule has 1 aromatic heterocycles. The van der Waals surface area contributed by atoms with Crippen molar-refractivity contribution >= 4 is 40.5 Å². The number of hydrogen-bond acceptors (Lipinski definition) is 5. The van der Waals surface area contributed by atoms with Crippen molar-refractivity contribution in [2.45, 2.75) is 76.1 Å². The van der Waals surface area contributed by atoms with Gasteiger partial charge in [-0.05, 0) is 74.8 Å². The molecular formula is C21H30Cl2O5S. The smallest absolute Gasteiger partial charge is 0.303 e. The maximum atomic E-state index is 10.5. The van der Waals surface area contributed by atoms with Crippen molar-refractivity contribution in [3.8, 4) is 0 Å². The third kappa shape index (κ3) is 8.19. The SMILES string of the molecule is O=C(O)CCC/C=C/C[C@@H]1[C@@H](CC[C@@H](O)CCc2cc(Cl)sc2Cl)[C@H](O)C[C@@H]1O. The van der Waals surface area contributed by atoms with E-state index in [1.165, 1.54) is 11.3 Å². The number of carboxylic acids is 1. The van der Waals surface area contributed by atoms with Crippen LogP contribution in [0.3, 0.4) is 0 Å². The number of aliphatic hydroxyl groups is 3. The lowest BCUT2D eigenvalue weighted by Crippen LogP contribution is -2.23. The number of aryl methyl sites for hydroxylation is 1. The van der Waals surface area contributed by atoms with Gasteiger partial charge in [0.1, 0.15) is 0 Å². The average molecular weight is 465 g/mol. The van der Waals surface area contributed by atoms with E-state index in [0.717, 1.165) is 5.56 Å². The fourth-order valence-corrected chi connectivity index (χ4v) is 5.59. The number of thiophene rings is 1. The van der Waals surface area contributed by atoms with Crippen LogP contribution in [0.5, 0.6) is 0 Å². The molecule has 4 N–H and O–H groups in total. The summed E-state index contributed by atoms with van der Waals surface area (Å²) in [5.74, 6) is -0.892. The summed E-state index contributed by atoms with van der Waals surface area (Å²) < 4.78 is 1.30. The van der Waals surface area contributed by atoms with Gasteiger partial charge in [-0.2, -0.15) is 0 Å². The van der Waals surface area contributed by atoms with E-state index in [-0.39, 0.29) is 18.3 Å². The predicted octanol–water partition coefficient (Wildman–Crippen LogP) is 4.69. The lowest BCUT2D eigenvalue weighted by atomic mass is 9.85. The van der Waals surface area contributed by atoms with E-state index in [1.807, 2.05) is 18.2 Å². The molecule has 0 saturated heterocycles. The second kappa shape index (κ2) is 12.3. The summed E-state index contributed by atoms with van der Waals surface area (Å²) in [6, 6.07) is 1.83. The molecule has 0 amide bonds. The predicted molar refractivity (Wildman–Crippen MR) is 117 cm³/mol. The minimum atomic E-state index is -0.796. The van der Waals surface area contributed by atoms with Gasteiger partial charge in [-0.25, -0.2) is 0 Å². The molecular weight excluding hydrogens is 435 g/mol. The quantitative estimate of drug-likeness (QED) is 0.265. The zero-order chi connectivity index (χ0) is 21.4. The Bertz CT molecular complexity index is 678. The first-order valence-electron chi connectivity index (χ1n) is 10.1. The largest absolute Gasteiger partial charge is 0.481 e. The van der Waals surface area contributed by atoms with E-state index in [2.05, 4.69) is 0 Å². The van der Waals surface area contributed by atoms with E-state index < -0.39 is 24.3 Å². The third-order valence-corrected chi connectivity index (χ3v) is 7.23. The first-order valence-corrected chi connectivity index (χ1v) is 11.7. The lowest BCUT2D eigenvalue weighted by molar-refractivity contribution is -0.137. The normalized spacial score (nSPS) is 25.7. The molecule has 1 aliphatic carbocycles. The number of carbonyl (C=O) groups is 1. The Balaban J connectivity index is 1.76. The molecule has 2 rings (SSSR count). The van der Waals surface area contributed by atoms with Crippen LogP contribution in [0.15, 0.2) is 18.2 Å². The van der Waals surface area contributed by atoms with Gasteiger partial charge in [-0.1, -0.05) is 35.4 Å². The summed E-state index contributed by atoms with van der Waals surface area (Å²) in [6.07, 6.45) is 7.19. The third-order valence-electron chi connectivity index (χ3n) is 5.67. The van der Waals surface area contributed by atoms with Gasteiger partial charge in [0.15, 0.2) is 0 Å². The number of allylic oxidation sites excluding steroid dienone is 2. The maximum Gasteiger partial charge on any atom is 0.303 e. The van der Waals surface area contributed by atoms with Gasteiger partial charge in [-0.3, -0.25) is 4.79 Å². The Hall–Kier alpha value is -0.630. The molecule has 0 spiro atoms. The molecule has 1 aromatic rings. The van der Waals surface area contributed by atoms with E-state index in [9.17, 15) is 20.1 Å². The van der Waals surface area contributed by atoms with Gasteiger partial charge < -0.3 is 20.4 Å². The Kier molecular flexibility index (Phi) is 10.4. The van der Waals surface area contributed by atoms with Crippen molar-refractivity contribution in [2.75, 3.05) is 0 Å². The topological polar surface area (TPSA) is 98.0 Å². The van der Waals surface area contributed by atoms with Gasteiger partial charge in [0, 0.05) is 6.42 Å². The molecule has 0 aliphatic heterocycles. The molecule has 0 radical (unpaired) electrons. The molecule has 0 unspecified atom stereocenters. The Morgan fingerprint density at radius 2 is 1.93 bits per heavy atom. The highest BCUT2D eigenvalue weighted by molar-refractivity contribution is 7.20. The number of carboxylic acid groups (broad SMARTS) is 1. The van der Waals surface area contributed by atoms with Gasteiger partial charge in [-0.15, -0.1) is 11.3 Å². The van der Waals surface area contributed by atoms with Crippen LogP contribution in [0.1, 0.15) is 56.9 Å². The molecule has 5 nitrogen and oxygen atoms in total. The highest BCUT2D eigenvalue weighted by atomic mass is 35.5. The van der Waals surface area contributed by atoms with Crippen molar-refractivity contribution in [3.63, 3.8) is 0 Å². The van der Waals surface area contributed by atoms with Crippen LogP contribution in [-0.4, -0.2) is 44.7 Å². The Morgan fingerprint density at radius 3 is 2.59 bits per heavy atom. The zero-order valence-electron chi connectivity index (χ0n) is 16.3. The van der Waals surface area contributed by atoms with Crippen LogP contribution in [0.25, 0.3) is 0 Å². The van der Waals surface area contributed by atoms with Crippen LogP contribution in [0.2, 0.25) is 8.67 Å². The minimum absolute atomic E-state index is 0.0435. The summed E-state index contributed by atoms with van der Waals surface area (Å²) in [5.41, 5.74) is 0.947. The van der Waals surface area contributed by atoms with Crippen molar-refractivity contribution in [1.29, 1.82) is 0 Å². The zero-order valence-corrected chi connectivity index (χ0v) is 18.7. The Morgan fingerprint density at radius 1 is 1.21 bits per heavy atom. The number of rotatable bonds is 12. The summed E-state index contributed by atoms with van der Waals surface area (Å²) >= 11 is 13.4. The van der Waals surface area contributed by atoms with Crippen LogP contribution in [-0.2, 0) is 11.2 Å². The van der Waals surface area contributed by atoms with Crippen LogP contribution in [0.4, 0.5) is 0 Å². The molecule has 8 heteroatoms. The molecule has 1 heterocycles. The molecule has 0 aromatic carbocycles. The van der Waals surface area contributed by atoms with Gasteiger partial charge in [0.25, 0.3) is 0 Å². The molecule has 0 bridgehead atoms. The van der Waals surface area contributed by atoms with Crippen molar-refractivity contribution in [3.05, 3.63) is 32.5 Å². The second-order valence-electron chi connectivity index (χ2n) is 7.81. The summed E-state index contributed by atoms with van der Waals surface area (Å²) in [7, 11) is 0. The van der Waals surface area contributed by atoms with Crippen molar-refractivity contribution in [2.24, 2.45) is 11.8 Å². The van der Waals surface area contributed by atoms with E-state index >= 15 is 0 Å². The van der Waals surface area contributed by atoms with Crippen LogP contribution in [0, 0.1) is 11.8 Å². The molecule has 164 valence electrons. The number of aliphatic carboxylic acids is 1. The minimum Gasteiger partial charge on any atom is -0.481 e. The van der Waals surface area contributed by atoms with Gasteiger partial charge >= 0.3 is 5.97 Å². The number of unbranched alkanes of at least 4 members (excludes halogenated alkanes) is 1. The maximum absolute atomic E-state index is 10.5. The Labute approximate surface area is 186 Å². The highest BCUT2D eigenvalue weighted by Crippen LogP contribution is 2.39. The van der Waals surface area contributed by atoms with Crippen molar-refractivity contribution in [1.82, 2.24) is 0 Å². The second-order valence-corrected chi connectivity index (χ2v) is 10.1. The number of aliphatic hydroxyl groups excluding tert-OH is 3. The highest BCUT2D eigenvalue weighted by Gasteiger charge is 2.40. The van der Waals surface area contributed by atoms with Gasteiger partial charge in [0.2, 0.25) is 0 Å². The first kappa shape index (κ1) is 24.6. The first-order chi connectivity index (χ1) is 13.8. The molecule has 1 fully saturated rings. The number of halogens is 2. The van der Waals surface area contributed by atoms with Gasteiger partial charge in [0.05, 0.1) is 27.0 Å². The lowest BCUT2D eigenvalue weighted by Gasteiger charge is -2.23.